The van der Waals surface area contributed by atoms with E-state index in [2.05, 4.69) is 48.5 Å². The molecule has 5 atom stereocenters. The van der Waals surface area contributed by atoms with Gasteiger partial charge in [-0.15, -0.1) is 0 Å². The minimum atomic E-state index is -4.96. The number of rotatable bonds is 77. The molecule has 3 N–H and O–H groups in total. The van der Waals surface area contributed by atoms with Crippen molar-refractivity contribution in [2.24, 2.45) is 17.8 Å². The van der Waals surface area contributed by atoms with Gasteiger partial charge < -0.3 is 33.8 Å². The van der Waals surface area contributed by atoms with Crippen molar-refractivity contribution in [1.82, 2.24) is 0 Å². The normalized spacial score (nSPS) is 14.0. The SMILES string of the molecule is CCCCCCCCCCCCCC(=O)OC[C@H](COP(=O)(O)OC[C@H](O)COP(=O)(O)OC[C@@H](COC(=O)CCCCCCCCCCCCCCCC(C)C)OC(=O)CCCCCCCCCCCCCCCCCCC(C)C)OC(=O)CCCCCCCCCCCC(C)C. The van der Waals surface area contributed by atoms with Crippen LogP contribution in [0.1, 0.15) is 408 Å². The van der Waals surface area contributed by atoms with Gasteiger partial charge in [-0.2, -0.15) is 0 Å². The Bertz CT molecular complexity index is 1900. The second-order valence-electron chi connectivity index (χ2n) is 29.9. The fourth-order valence-corrected chi connectivity index (χ4v) is 13.7. The zero-order chi connectivity index (χ0) is 72.3. The van der Waals surface area contributed by atoms with Crippen molar-refractivity contribution in [3.63, 3.8) is 0 Å². The number of esters is 4. The van der Waals surface area contributed by atoms with Gasteiger partial charge >= 0.3 is 39.5 Å². The Morgan fingerprint density at radius 3 is 0.694 bits per heavy atom. The van der Waals surface area contributed by atoms with Crippen LogP contribution in [-0.4, -0.2) is 96.7 Å². The van der Waals surface area contributed by atoms with E-state index in [-0.39, 0.29) is 25.7 Å². The second kappa shape index (κ2) is 69.4. The van der Waals surface area contributed by atoms with Crippen molar-refractivity contribution in [2.45, 2.75) is 426 Å². The lowest BCUT2D eigenvalue weighted by molar-refractivity contribution is -0.161. The maximum absolute atomic E-state index is 13.1. The molecule has 19 heteroatoms. The van der Waals surface area contributed by atoms with Crippen LogP contribution in [0.25, 0.3) is 0 Å². The molecule has 0 aliphatic carbocycles. The average Bonchev–Trinajstić information content (AvgIpc) is 0.992. The van der Waals surface area contributed by atoms with Crippen LogP contribution in [0.3, 0.4) is 0 Å². The predicted molar refractivity (Wildman–Crippen MR) is 400 cm³/mol. The maximum Gasteiger partial charge on any atom is 0.472 e. The molecule has 0 fully saturated rings. The van der Waals surface area contributed by atoms with Crippen LogP contribution in [0.15, 0.2) is 0 Å². The smallest absolute Gasteiger partial charge is 0.462 e. The molecule has 0 spiro atoms. The lowest BCUT2D eigenvalue weighted by atomic mass is 10.0. The third-order valence-corrected chi connectivity index (χ3v) is 20.3. The van der Waals surface area contributed by atoms with Crippen LogP contribution >= 0.6 is 15.6 Å². The van der Waals surface area contributed by atoms with E-state index in [4.69, 9.17) is 37.0 Å². The molecule has 0 heterocycles. The van der Waals surface area contributed by atoms with Gasteiger partial charge in [0.2, 0.25) is 0 Å². The molecular formula is C79H154O17P2. The Kier molecular flexibility index (Phi) is 68.1. The minimum absolute atomic E-state index is 0.105. The number of phosphoric ester groups is 2. The van der Waals surface area contributed by atoms with Gasteiger partial charge in [0.15, 0.2) is 12.2 Å². The first-order valence-corrected chi connectivity index (χ1v) is 43.8. The Labute approximate surface area is 600 Å². The standard InChI is InChI=1S/C79H154O17P2/c1-8-9-10-11-12-13-23-32-39-46-53-60-76(81)89-67-75(96-79(84)63-56-49-42-35-28-31-38-45-52-59-72(6)7)69-94-98(87,88)92-65-73(80)64-91-97(85,86)93-68-74(66-90-77(82)61-54-47-40-33-26-22-18-20-25-30-37-44-51-58-71(4)5)95-78(83)62-55-48-41-34-27-21-17-15-14-16-19-24-29-36-43-50-57-70(2)3/h70-75,80H,8-69H2,1-7H3,(H,85,86)(H,87,88)/t73-,74-,75-/m1/s1. The third-order valence-electron chi connectivity index (χ3n) is 18.4. The number of aliphatic hydroxyl groups excluding tert-OH is 1. The highest BCUT2D eigenvalue weighted by molar-refractivity contribution is 7.47. The quantitative estimate of drug-likeness (QED) is 0.0222. The molecule has 0 aliphatic rings. The van der Waals surface area contributed by atoms with Crippen LogP contribution < -0.4 is 0 Å². The molecule has 0 saturated heterocycles. The summed E-state index contributed by atoms with van der Waals surface area (Å²) in [5, 5.41) is 10.6. The summed E-state index contributed by atoms with van der Waals surface area (Å²) in [6.07, 6.45) is 56.8. The molecule has 0 saturated carbocycles. The highest BCUT2D eigenvalue weighted by Gasteiger charge is 2.30. The summed E-state index contributed by atoms with van der Waals surface area (Å²) < 4.78 is 68.6. The molecule has 0 aromatic rings. The molecule has 0 aromatic heterocycles. The highest BCUT2D eigenvalue weighted by atomic mass is 31.2. The van der Waals surface area contributed by atoms with E-state index in [0.29, 0.717) is 25.7 Å². The zero-order valence-corrected chi connectivity index (χ0v) is 66.0. The summed E-state index contributed by atoms with van der Waals surface area (Å²) in [5.74, 6) is 0.224. The second-order valence-corrected chi connectivity index (χ2v) is 32.8. The van der Waals surface area contributed by atoms with Gasteiger partial charge in [0.1, 0.15) is 19.3 Å². The molecule has 17 nitrogen and oxygen atoms in total. The van der Waals surface area contributed by atoms with Gasteiger partial charge in [-0.25, -0.2) is 9.13 Å². The molecule has 0 rings (SSSR count). The van der Waals surface area contributed by atoms with Crippen molar-refractivity contribution in [1.29, 1.82) is 0 Å². The van der Waals surface area contributed by atoms with Crippen molar-refractivity contribution in [3.8, 4) is 0 Å². The first-order valence-electron chi connectivity index (χ1n) is 40.8. The van der Waals surface area contributed by atoms with Gasteiger partial charge in [-0.3, -0.25) is 37.3 Å². The van der Waals surface area contributed by atoms with Crippen LogP contribution in [0.5, 0.6) is 0 Å². The fraction of sp³-hybridized carbons (Fsp3) is 0.949. The topological polar surface area (TPSA) is 237 Å². The van der Waals surface area contributed by atoms with E-state index in [0.717, 1.165) is 108 Å². The summed E-state index contributed by atoms with van der Waals surface area (Å²) >= 11 is 0. The van der Waals surface area contributed by atoms with Crippen LogP contribution in [0.4, 0.5) is 0 Å². The molecule has 0 bridgehead atoms. The Morgan fingerprint density at radius 2 is 0.469 bits per heavy atom. The van der Waals surface area contributed by atoms with E-state index in [1.54, 1.807) is 0 Å². The monoisotopic (exact) mass is 1440 g/mol. The zero-order valence-electron chi connectivity index (χ0n) is 64.3. The number of ether oxygens (including phenoxy) is 4. The Balaban J connectivity index is 5.24. The summed E-state index contributed by atoms with van der Waals surface area (Å²) in [6.45, 7) is 11.9. The fourth-order valence-electron chi connectivity index (χ4n) is 12.1. The summed E-state index contributed by atoms with van der Waals surface area (Å²) in [5.41, 5.74) is 0. The Morgan fingerprint density at radius 1 is 0.276 bits per heavy atom. The van der Waals surface area contributed by atoms with E-state index in [1.807, 2.05) is 0 Å². The molecular weight excluding hydrogens is 1280 g/mol. The van der Waals surface area contributed by atoms with Crippen molar-refractivity contribution >= 4 is 39.5 Å². The van der Waals surface area contributed by atoms with Crippen molar-refractivity contribution in [2.75, 3.05) is 39.6 Å². The molecule has 0 aromatic carbocycles. The van der Waals surface area contributed by atoms with Crippen LogP contribution in [-0.2, 0) is 65.4 Å². The summed E-state index contributed by atoms with van der Waals surface area (Å²) in [7, 11) is -9.92. The summed E-state index contributed by atoms with van der Waals surface area (Å²) in [4.78, 5) is 72.9. The molecule has 98 heavy (non-hydrogen) atoms. The number of hydrogen-bond donors (Lipinski definition) is 3. The van der Waals surface area contributed by atoms with Crippen molar-refractivity contribution < 1.29 is 80.2 Å². The van der Waals surface area contributed by atoms with Crippen molar-refractivity contribution in [3.05, 3.63) is 0 Å². The number of unbranched alkanes of at least 4 members (excludes halogenated alkanes) is 45. The molecule has 2 unspecified atom stereocenters. The number of carbonyl (C=O) groups excluding carboxylic acids is 4. The first-order chi connectivity index (χ1) is 47.2. The van der Waals surface area contributed by atoms with Gasteiger partial charge in [-0.1, -0.05) is 357 Å². The number of hydrogen-bond acceptors (Lipinski definition) is 15. The number of carbonyl (C=O) groups is 4. The largest absolute Gasteiger partial charge is 0.472 e. The van der Waals surface area contributed by atoms with E-state index >= 15 is 0 Å². The van der Waals surface area contributed by atoms with Gasteiger partial charge in [0.05, 0.1) is 26.4 Å². The van der Waals surface area contributed by atoms with Gasteiger partial charge in [0, 0.05) is 25.7 Å². The number of phosphoric acid groups is 2. The lowest BCUT2D eigenvalue weighted by Crippen LogP contribution is -2.30. The van der Waals surface area contributed by atoms with E-state index < -0.39 is 97.5 Å². The van der Waals surface area contributed by atoms with E-state index in [1.165, 1.54) is 218 Å². The van der Waals surface area contributed by atoms with Gasteiger partial charge in [0.25, 0.3) is 0 Å². The maximum atomic E-state index is 13.1. The average molecular weight is 1440 g/mol. The molecule has 0 radical (unpaired) electrons. The first kappa shape index (κ1) is 96.1. The molecule has 0 aliphatic heterocycles. The third kappa shape index (κ3) is 72.4. The minimum Gasteiger partial charge on any atom is -0.462 e. The molecule has 582 valence electrons. The van der Waals surface area contributed by atoms with Crippen LogP contribution in [0, 0.1) is 17.8 Å². The Hall–Kier alpha value is -1.94. The van der Waals surface area contributed by atoms with Crippen LogP contribution in [0.2, 0.25) is 0 Å². The van der Waals surface area contributed by atoms with Gasteiger partial charge in [-0.05, 0) is 43.4 Å². The highest BCUT2D eigenvalue weighted by Crippen LogP contribution is 2.45. The predicted octanol–water partition coefficient (Wildman–Crippen LogP) is 23.4. The molecule has 0 amide bonds. The number of aliphatic hydroxyl groups is 1. The summed E-state index contributed by atoms with van der Waals surface area (Å²) in [6, 6.07) is 0. The van der Waals surface area contributed by atoms with E-state index in [9.17, 15) is 43.2 Å². The lowest BCUT2D eigenvalue weighted by Gasteiger charge is -2.21.